The van der Waals surface area contributed by atoms with Crippen molar-refractivity contribution in [2.24, 2.45) is 5.73 Å². The van der Waals surface area contributed by atoms with Crippen molar-refractivity contribution in [1.29, 1.82) is 0 Å². The quantitative estimate of drug-likeness (QED) is 0.790. The molecule has 0 aliphatic carbocycles. The average molecular weight is 285 g/mol. The lowest BCUT2D eigenvalue weighted by Gasteiger charge is -2.15. The largest absolute Gasteiger partial charge is 0.351 e. The van der Waals surface area contributed by atoms with E-state index in [1.165, 1.54) is 20.2 Å². The summed E-state index contributed by atoms with van der Waals surface area (Å²) in [5.74, 6) is -0.322. The zero-order chi connectivity index (χ0) is 14.6. The molecule has 0 aliphatic heterocycles. The van der Waals surface area contributed by atoms with Crippen LogP contribution < -0.4 is 11.1 Å². The number of hydrogen-bond acceptors (Lipinski definition) is 4. The lowest BCUT2D eigenvalue weighted by atomic mass is 10.2. The highest BCUT2D eigenvalue weighted by molar-refractivity contribution is 7.89. The number of carbonyl (C=O) groups is 1. The number of sulfonamides is 1. The molecule has 0 aromatic heterocycles. The molecule has 1 amide bonds. The lowest BCUT2D eigenvalue weighted by molar-refractivity contribution is -0.122. The molecule has 7 heteroatoms. The average Bonchev–Trinajstić information content (AvgIpc) is 2.35. The monoisotopic (exact) mass is 285 g/mol. The maximum atomic E-state index is 12.1. The molecular weight excluding hydrogens is 266 g/mol. The van der Waals surface area contributed by atoms with Crippen LogP contribution in [0.25, 0.3) is 0 Å². The number of nitrogens with one attached hydrogen (secondary N) is 1. The number of amides is 1. The number of benzene rings is 1. The van der Waals surface area contributed by atoms with Crippen molar-refractivity contribution in [2.75, 3.05) is 14.1 Å². The van der Waals surface area contributed by atoms with Crippen LogP contribution in [0.3, 0.4) is 0 Å². The van der Waals surface area contributed by atoms with Gasteiger partial charge in [-0.3, -0.25) is 4.79 Å². The molecule has 6 nitrogen and oxygen atoms in total. The second-order valence-corrected chi connectivity index (χ2v) is 6.52. The van der Waals surface area contributed by atoms with Crippen LogP contribution in [0, 0.1) is 0 Å². The van der Waals surface area contributed by atoms with E-state index in [1.54, 1.807) is 25.1 Å². The highest BCUT2D eigenvalue weighted by Crippen LogP contribution is 2.18. The van der Waals surface area contributed by atoms with E-state index < -0.39 is 16.1 Å². The predicted molar refractivity (Wildman–Crippen MR) is 72.8 cm³/mol. The van der Waals surface area contributed by atoms with Gasteiger partial charge < -0.3 is 11.1 Å². The van der Waals surface area contributed by atoms with E-state index in [2.05, 4.69) is 5.32 Å². The van der Waals surface area contributed by atoms with Crippen LogP contribution in [0.2, 0.25) is 0 Å². The third kappa shape index (κ3) is 3.76. The van der Waals surface area contributed by atoms with Crippen molar-refractivity contribution in [3.05, 3.63) is 29.8 Å². The Labute approximate surface area is 113 Å². The fourth-order valence-corrected chi connectivity index (χ4v) is 2.56. The molecule has 0 saturated heterocycles. The zero-order valence-electron chi connectivity index (χ0n) is 11.3. The SMILES string of the molecule is CC(N)C(=O)NCc1ccccc1S(=O)(=O)N(C)C. The van der Waals surface area contributed by atoms with Crippen molar-refractivity contribution in [1.82, 2.24) is 9.62 Å². The van der Waals surface area contributed by atoms with Crippen molar-refractivity contribution >= 4 is 15.9 Å². The van der Waals surface area contributed by atoms with Crippen LogP contribution in [0.4, 0.5) is 0 Å². The van der Waals surface area contributed by atoms with E-state index in [9.17, 15) is 13.2 Å². The van der Waals surface area contributed by atoms with Crippen molar-refractivity contribution in [2.45, 2.75) is 24.4 Å². The Hall–Kier alpha value is -1.44. The van der Waals surface area contributed by atoms with E-state index in [1.807, 2.05) is 0 Å². The fourth-order valence-electron chi connectivity index (χ4n) is 1.44. The van der Waals surface area contributed by atoms with Crippen LogP contribution in [-0.4, -0.2) is 38.8 Å². The molecule has 0 bridgehead atoms. The van der Waals surface area contributed by atoms with Gasteiger partial charge in [-0.2, -0.15) is 0 Å². The second-order valence-electron chi connectivity index (χ2n) is 4.40. The highest BCUT2D eigenvalue weighted by atomic mass is 32.2. The van der Waals surface area contributed by atoms with Gasteiger partial charge in [0.1, 0.15) is 0 Å². The summed E-state index contributed by atoms with van der Waals surface area (Å²) in [4.78, 5) is 11.6. The van der Waals surface area contributed by atoms with Gasteiger partial charge >= 0.3 is 0 Å². The summed E-state index contributed by atoms with van der Waals surface area (Å²) in [5.41, 5.74) is 5.97. The molecule has 3 N–H and O–H groups in total. The van der Waals surface area contributed by atoms with Crippen LogP contribution in [0.15, 0.2) is 29.2 Å². The van der Waals surface area contributed by atoms with Gasteiger partial charge in [0.2, 0.25) is 15.9 Å². The molecule has 0 fully saturated rings. The molecule has 0 radical (unpaired) electrons. The summed E-state index contributed by atoms with van der Waals surface area (Å²) in [6, 6.07) is 5.92. The maximum absolute atomic E-state index is 12.1. The Bertz CT molecular complexity index is 553. The van der Waals surface area contributed by atoms with Gasteiger partial charge in [-0.1, -0.05) is 18.2 Å². The second kappa shape index (κ2) is 6.14. The van der Waals surface area contributed by atoms with Gasteiger partial charge in [-0.05, 0) is 18.6 Å². The first-order valence-electron chi connectivity index (χ1n) is 5.80. The minimum Gasteiger partial charge on any atom is -0.351 e. The first-order valence-corrected chi connectivity index (χ1v) is 7.24. The number of rotatable bonds is 5. The molecule has 1 unspecified atom stereocenters. The van der Waals surface area contributed by atoms with Gasteiger partial charge in [0.25, 0.3) is 0 Å². The van der Waals surface area contributed by atoms with Crippen LogP contribution in [-0.2, 0) is 21.4 Å². The third-order valence-corrected chi connectivity index (χ3v) is 4.51. The Balaban J connectivity index is 3.01. The van der Waals surface area contributed by atoms with Crippen LogP contribution in [0.5, 0.6) is 0 Å². The minimum atomic E-state index is -3.52. The molecule has 1 rings (SSSR count). The molecule has 0 heterocycles. The van der Waals surface area contributed by atoms with E-state index in [0.29, 0.717) is 5.56 Å². The highest BCUT2D eigenvalue weighted by Gasteiger charge is 2.20. The van der Waals surface area contributed by atoms with E-state index in [4.69, 9.17) is 5.73 Å². The van der Waals surface area contributed by atoms with Gasteiger partial charge in [0.15, 0.2) is 0 Å². The maximum Gasteiger partial charge on any atom is 0.242 e. The summed E-state index contributed by atoms with van der Waals surface area (Å²) in [6.07, 6.45) is 0. The summed E-state index contributed by atoms with van der Waals surface area (Å²) in [7, 11) is -0.595. The van der Waals surface area contributed by atoms with E-state index >= 15 is 0 Å². The Morgan fingerprint density at radius 3 is 2.47 bits per heavy atom. The first-order chi connectivity index (χ1) is 8.76. The first kappa shape index (κ1) is 15.6. The standard InChI is InChI=1S/C12H19N3O3S/c1-9(13)12(16)14-8-10-6-4-5-7-11(10)19(17,18)15(2)3/h4-7,9H,8,13H2,1-3H3,(H,14,16). The summed E-state index contributed by atoms with van der Waals surface area (Å²) >= 11 is 0. The lowest BCUT2D eigenvalue weighted by Crippen LogP contribution is -2.38. The van der Waals surface area contributed by atoms with E-state index in [-0.39, 0.29) is 17.3 Å². The molecule has 1 atom stereocenters. The fraction of sp³-hybridized carbons (Fsp3) is 0.417. The smallest absolute Gasteiger partial charge is 0.242 e. The minimum absolute atomic E-state index is 0.129. The van der Waals surface area contributed by atoms with Gasteiger partial charge in [0.05, 0.1) is 10.9 Å². The van der Waals surface area contributed by atoms with Crippen molar-refractivity contribution < 1.29 is 13.2 Å². The third-order valence-electron chi connectivity index (χ3n) is 2.60. The Morgan fingerprint density at radius 1 is 1.37 bits per heavy atom. The number of carbonyl (C=O) groups excluding carboxylic acids is 1. The molecule has 0 saturated carbocycles. The molecule has 106 valence electrons. The van der Waals surface area contributed by atoms with Gasteiger partial charge in [-0.25, -0.2) is 12.7 Å². The molecule has 19 heavy (non-hydrogen) atoms. The van der Waals surface area contributed by atoms with Crippen LogP contribution in [0.1, 0.15) is 12.5 Å². The number of hydrogen-bond donors (Lipinski definition) is 2. The Kier molecular flexibility index (Phi) is 5.04. The van der Waals surface area contributed by atoms with Crippen molar-refractivity contribution in [3.63, 3.8) is 0 Å². The summed E-state index contributed by atoms with van der Waals surface area (Å²) in [6.45, 7) is 1.70. The van der Waals surface area contributed by atoms with Gasteiger partial charge in [-0.15, -0.1) is 0 Å². The molecule has 0 aliphatic rings. The zero-order valence-corrected chi connectivity index (χ0v) is 12.1. The normalized spacial score (nSPS) is 13.3. The van der Waals surface area contributed by atoms with Gasteiger partial charge in [0, 0.05) is 20.6 Å². The Morgan fingerprint density at radius 2 is 1.95 bits per heavy atom. The molecule has 1 aromatic carbocycles. The summed E-state index contributed by atoms with van der Waals surface area (Å²) in [5, 5.41) is 2.60. The number of nitrogens with two attached hydrogens (primary N) is 1. The number of nitrogens with zero attached hydrogens (tertiary/aromatic N) is 1. The molecule has 1 aromatic rings. The van der Waals surface area contributed by atoms with E-state index in [0.717, 1.165) is 4.31 Å². The predicted octanol–water partition coefficient (Wildman–Crippen LogP) is -0.0997. The summed E-state index contributed by atoms with van der Waals surface area (Å²) < 4.78 is 25.4. The van der Waals surface area contributed by atoms with Crippen LogP contribution >= 0.6 is 0 Å². The molecule has 0 spiro atoms. The molecular formula is C12H19N3O3S. The van der Waals surface area contributed by atoms with Crippen molar-refractivity contribution in [3.8, 4) is 0 Å². The topological polar surface area (TPSA) is 92.5 Å².